The quantitative estimate of drug-likeness (QED) is 0.663. The molecule has 1 heterocycles. The molecule has 1 unspecified atom stereocenters. The molecule has 0 aliphatic heterocycles. The highest BCUT2D eigenvalue weighted by molar-refractivity contribution is 5.72. The fourth-order valence-electron chi connectivity index (χ4n) is 3.64. The summed E-state index contributed by atoms with van der Waals surface area (Å²) >= 11 is 0. The van der Waals surface area contributed by atoms with Gasteiger partial charge in [0, 0.05) is 30.8 Å². The van der Waals surface area contributed by atoms with Crippen molar-refractivity contribution >= 4 is 5.95 Å². The standard InChI is InChI=1S/C22H23N3O/c26-13-7-6-12-23-22-24-15-17-14-20(16-8-2-1-3-9-16)18-10-4-5-11-19(18)21(17)25-22/h1-5,8-11,15,20,26H,6-7,12-14H2,(H,23,24,25). The lowest BCUT2D eigenvalue weighted by atomic mass is 9.78. The van der Waals surface area contributed by atoms with Crippen molar-refractivity contribution in [2.75, 3.05) is 18.5 Å². The van der Waals surface area contributed by atoms with E-state index in [9.17, 15) is 0 Å². The number of nitrogens with zero attached hydrogens (tertiary/aromatic N) is 2. The minimum Gasteiger partial charge on any atom is -0.396 e. The number of nitrogens with one attached hydrogen (secondary N) is 1. The number of aromatic nitrogens is 2. The molecule has 1 aromatic heterocycles. The van der Waals surface area contributed by atoms with Gasteiger partial charge in [-0.25, -0.2) is 9.97 Å². The van der Waals surface area contributed by atoms with Crippen LogP contribution in [0, 0.1) is 0 Å². The van der Waals surface area contributed by atoms with Crippen LogP contribution in [0.15, 0.2) is 60.8 Å². The van der Waals surface area contributed by atoms with Gasteiger partial charge in [-0.2, -0.15) is 0 Å². The second-order valence-corrected chi connectivity index (χ2v) is 6.68. The van der Waals surface area contributed by atoms with Crippen molar-refractivity contribution in [3.05, 3.63) is 77.5 Å². The molecule has 0 saturated heterocycles. The van der Waals surface area contributed by atoms with Crippen LogP contribution in [-0.4, -0.2) is 28.2 Å². The average Bonchev–Trinajstić information content (AvgIpc) is 2.71. The molecule has 4 nitrogen and oxygen atoms in total. The Bertz CT molecular complexity index is 880. The molecule has 0 amide bonds. The van der Waals surface area contributed by atoms with Gasteiger partial charge in [0.05, 0.1) is 5.69 Å². The molecule has 26 heavy (non-hydrogen) atoms. The number of fused-ring (bicyclic) bond motifs is 3. The maximum absolute atomic E-state index is 8.89. The van der Waals surface area contributed by atoms with Gasteiger partial charge in [-0.15, -0.1) is 0 Å². The summed E-state index contributed by atoms with van der Waals surface area (Å²) in [6, 6.07) is 19.2. The molecule has 0 saturated carbocycles. The summed E-state index contributed by atoms with van der Waals surface area (Å²) in [5.41, 5.74) is 6.09. The Kier molecular flexibility index (Phi) is 4.93. The lowest BCUT2D eigenvalue weighted by molar-refractivity contribution is 0.286. The number of rotatable bonds is 6. The van der Waals surface area contributed by atoms with Crippen molar-refractivity contribution in [1.29, 1.82) is 0 Å². The SMILES string of the molecule is OCCCCNc1ncc2c(n1)-c1ccccc1C(c1ccccc1)C2. The summed E-state index contributed by atoms with van der Waals surface area (Å²) in [5.74, 6) is 1.00. The second-order valence-electron chi connectivity index (χ2n) is 6.68. The number of benzene rings is 2. The summed E-state index contributed by atoms with van der Waals surface area (Å²) in [6.07, 6.45) is 4.58. The smallest absolute Gasteiger partial charge is 0.223 e. The Morgan fingerprint density at radius 3 is 2.65 bits per heavy atom. The van der Waals surface area contributed by atoms with Crippen molar-refractivity contribution in [3.63, 3.8) is 0 Å². The van der Waals surface area contributed by atoms with E-state index in [4.69, 9.17) is 10.1 Å². The molecule has 1 aliphatic carbocycles. The van der Waals surface area contributed by atoms with Crippen LogP contribution >= 0.6 is 0 Å². The van der Waals surface area contributed by atoms with Gasteiger partial charge in [0.25, 0.3) is 0 Å². The predicted octanol–water partition coefficient (Wildman–Crippen LogP) is 4.02. The van der Waals surface area contributed by atoms with Gasteiger partial charge in [-0.1, -0.05) is 54.6 Å². The van der Waals surface area contributed by atoms with Crippen LogP contribution in [0.3, 0.4) is 0 Å². The first-order valence-electron chi connectivity index (χ1n) is 9.21. The summed E-state index contributed by atoms with van der Waals surface area (Å²) in [4.78, 5) is 9.30. The second kappa shape index (κ2) is 7.67. The molecule has 4 rings (SSSR count). The third kappa shape index (κ3) is 3.33. The predicted molar refractivity (Wildman–Crippen MR) is 104 cm³/mol. The molecule has 0 radical (unpaired) electrons. The highest BCUT2D eigenvalue weighted by Gasteiger charge is 2.27. The van der Waals surface area contributed by atoms with Crippen LogP contribution in [0.5, 0.6) is 0 Å². The van der Waals surface area contributed by atoms with Crippen LogP contribution < -0.4 is 5.32 Å². The van der Waals surface area contributed by atoms with Crippen LogP contribution in [-0.2, 0) is 6.42 Å². The number of hydrogen-bond acceptors (Lipinski definition) is 4. The molecule has 2 N–H and O–H groups in total. The van der Waals surface area contributed by atoms with Crippen molar-refractivity contribution in [2.24, 2.45) is 0 Å². The Hall–Kier alpha value is -2.72. The van der Waals surface area contributed by atoms with E-state index in [1.54, 1.807) is 0 Å². The zero-order chi connectivity index (χ0) is 17.8. The van der Waals surface area contributed by atoms with Gasteiger partial charge in [-0.05, 0) is 36.0 Å². The summed E-state index contributed by atoms with van der Waals surface area (Å²) in [6.45, 7) is 0.995. The van der Waals surface area contributed by atoms with Crippen LogP contribution in [0.25, 0.3) is 11.3 Å². The van der Waals surface area contributed by atoms with Gasteiger partial charge in [0.15, 0.2) is 0 Å². The molecule has 4 heteroatoms. The van der Waals surface area contributed by atoms with Crippen molar-refractivity contribution < 1.29 is 5.11 Å². The third-order valence-electron chi connectivity index (χ3n) is 4.95. The Balaban J connectivity index is 1.67. The van der Waals surface area contributed by atoms with Crippen molar-refractivity contribution in [1.82, 2.24) is 9.97 Å². The Morgan fingerprint density at radius 2 is 1.81 bits per heavy atom. The molecule has 3 aromatic rings. The Labute approximate surface area is 154 Å². The number of hydrogen-bond donors (Lipinski definition) is 2. The number of aliphatic hydroxyl groups is 1. The van der Waals surface area contributed by atoms with Crippen molar-refractivity contribution in [3.8, 4) is 11.3 Å². The highest BCUT2D eigenvalue weighted by Crippen LogP contribution is 2.41. The molecule has 2 aromatic carbocycles. The molecule has 1 aliphatic rings. The van der Waals surface area contributed by atoms with Crippen LogP contribution in [0.1, 0.15) is 35.4 Å². The monoisotopic (exact) mass is 345 g/mol. The summed E-state index contributed by atoms with van der Waals surface area (Å²) in [7, 11) is 0. The molecule has 0 bridgehead atoms. The van der Waals surface area contributed by atoms with Gasteiger partial charge >= 0.3 is 0 Å². The molecule has 132 valence electrons. The van der Waals surface area contributed by atoms with Gasteiger partial charge < -0.3 is 10.4 Å². The highest BCUT2D eigenvalue weighted by atomic mass is 16.2. The fourth-order valence-corrected chi connectivity index (χ4v) is 3.64. The van der Waals surface area contributed by atoms with Gasteiger partial charge in [0.2, 0.25) is 5.95 Å². The van der Waals surface area contributed by atoms with E-state index in [0.717, 1.165) is 31.5 Å². The zero-order valence-corrected chi connectivity index (χ0v) is 14.7. The minimum atomic E-state index is 0.223. The third-order valence-corrected chi connectivity index (χ3v) is 4.95. The first-order chi connectivity index (χ1) is 12.9. The maximum atomic E-state index is 8.89. The van der Waals surface area contributed by atoms with Gasteiger partial charge in [-0.3, -0.25) is 0 Å². The first kappa shape index (κ1) is 16.7. The van der Waals surface area contributed by atoms with Crippen molar-refractivity contribution in [2.45, 2.75) is 25.2 Å². The molecule has 0 fully saturated rings. The summed E-state index contributed by atoms with van der Waals surface area (Å²) < 4.78 is 0. The van der Waals surface area contributed by atoms with E-state index in [2.05, 4.69) is 64.9 Å². The molecular formula is C22H23N3O. The van der Waals surface area contributed by atoms with E-state index in [0.29, 0.717) is 11.9 Å². The van der Waals surface area contributed by atoms with E-state index >= 15 is 0 Å². The average molecular weight is 345 g/mol. The number of anilines is 1. The summed E-state index contributed by atoms with van der Waals surface area (Å²) in [5, 5.41) is 12.2. The fraction of sp³-hybridized carbons (Fsp3) is 0.273. The number of unbranched alkanes of at least 4 members (excludes halogenated alkanes) is 1. The number of aliphatic hydroxyl groups excluding tert-OH is 1. The zero-order valence-electron chi connectivity index (χ0n) is 14.7. The largest absolute Gasteiger partial charge is 0.396 e. The van der Waals surface area contributed by atoms with E-state index in [-0.39, 0.29) is 6.61 Å². The normalized spacial score (nSPS) is 15.2. The first-order valence-corrected chi connectivity index (χ1v) is 9.21. The Morgan fingerprint density at radius 1 is 1.00 bits per heavy atom. The molecule has 1 atom stereocenters. The topological polar surface area (TPSA) is 58.0 Å². The maximum Gasteiger partial charge on any atom is 0.223 e. The van der Waals surface area contributed by atoms with E-state index < -0.39 is 0 Å². The molecular weight excluding hydrogens is 322 g/mol. The minimum absolute atomic E-state index is 0.223. The lowest BCUT2D eigenvalue weighted by Crippen LogP contribution is -2.15. The van der Waals surface area contributed by atoms with Crippen LogP contribution in [0.2, 0.25) is 0 Å². The molecule has 0 spiro atoms. The van der Waals surface area contributed by atoms with Gasteiger partial charge in [0.1, 0.15) is 0 Å². The van der Waals surface area contributed by atoms with Crippen LogP contribution in [0.4, 0.5) is 5.95 Å². The lowest BCUT2D eigenvalue weighted by Gasteiger charge is -2.27. The van der Waals surface area contributed by atoms with E-state index in [1.807, 2.05) is 6.20 Å². The van der Waals surface area contributed by atoms with E-state index in [1.165, 1.54) is 22.3 Å².